The summed E-state index contributed by atoms with van der Waals surface area (Å²) >= 11 is 1.73. The Morgan fingerprint density at radius 1 is 1.50 bits per heavy atom. The molecule has 1 aromatic carbocycles. The number of hydroxylamine groups is 1. The highest BCUT2D eigenvalue weighted by Gasteiger charge is 2.16. The van der Waals surface area contributed by atoms with E-state index in [0.29, 0.717) is 6.61 Å². The number of hydrogen-bond acceptors (Lipinski definition) is 5. The van der Waals surface area contributed by atoms with E-state index in [9.17, 15) is 0 Å². The van der Waals surface area contributed by atoms with Gasteiger partial charge in [-0.1, -0.05) is 24.3 Å². The lowest BCUT2D eigenvalue weighted by Crippen LogP contribution is -2.41. The fourth-order valence-electron chi connectivity index (χ4n) is 2.17. The van der Waals surface area contributed by atoms with E-state index >= 15 is 0 Å². The smallest absolute Gasteiger partial charge is 0.121 e. The Kier molecular flexibility index (Phi) is 4.22. The molecule has 2 heterocycles. The minimum absolute atomic E-state index is 0.158. The number of benzene rings is 1. The van der Waals surface area contributed by atoms with E-state index in [0.717, 1.165) is 23.6 Å². The Morgan fingerprint density at radius 3 is 3.25 bits per heavy atom. The molecule has 0 radical (unpaired) electrons. The summed E-state index contributed by atoms with van der Waals surface area (Å²) in [6.07, 6.45) is 3.92. The molecular weight excluding hydrogens is 270 g/mol. The van der Waals surface area contributed by atoms with Crippen molar-refractivity contribution >= 4 is 27.1 Å². The number of fused-ring (bicyclic) bond motifs is 1. The Labute approximate surface area is 122 Å². The van der Waals surface area contributed by atoms with Gasteiger partial charge in [-0.2, -0.15) is 5.48 Å². The van der Waals surface area contributed by atoms with Crippen LogP contribution in [0.2, 0.25) is 0 Å². The maximum atomic E-state index is 5.30. The number of hydrogen-bond donors (Lipinski definition) is 2. The summed E-state index contributed by atoms with van der Waals surface area (Å²) in [5.74, 6) is 0. The fourth-order valence-corrected chi connectivity index (χ4v) is 3.16. The lowest BCUT2D eigenvalue weighted by molar-refractivity contribution is 0.0459. The van der Waals surface area contributed by atoms with Crippen LogP contribution in [-0.2, 0) is 4.84 Å². The molecule has 4 nitrogen and oxygen atoms in total. The van der Waals surface area contributed by atoms with Gasteiger partial charge >= 0.3 is 0 Å². The molecule has 0 amide bonds. The van der Waals surface area contributed by atoms with Crippen LogP contribution in [0.1, 0.15) is 5.01 Å². The lowest BCUT2D eigenvalue weighted by atomic mass is 10.1. The van der Waals surface area contributed by atoms with Crippen molar-refractivity contribution in [3.63, 3.8) is 0 Å². The van der Waals surface area contributed by atoms with Gasteiger partial charge in [-0.15, -0.1) is 17.9 Å². The normalized spacial score (nSPS) is 19.0. The van der Waals surface area contributed by atoms with Crippen molar-refractivity contribution in [2.24, 2.45) is 0 Å². The van der Waals surface area contributed by atoms with Crippen molar-refractivity contribution in [1.82, 2.24) is 15.8 Å². The summed E-state index contributed by atoms with van der Waals surface area (Å²) in [5, 5.41) is 4.46. The van der Waals surface area contributed by atoms with Crippen LogP contribution >= 0.6 is 11.3 Å². The fraction of sp³-hybridized carbons (Fsp3) is 0.267. The van der Waals surface area contributed by atoms with E-state index in [2.05, 4.69) is 35.6 Å². The quantitative estimate of drug-likeness (QED) is 0.503. The molecule has 0 fully saturated rings. The lowest BCUT2D eigenvalue weighted by Gasteiger charge is -2.21. The van der Waals surface area contributed by atoms with Gasteiger partial charge in [0.05, 0.1) is 22.9 Å². The molecule has 0 bridgehead atoms. The first-order chi connectivity index (χ1) is 9.86. The van der Waals surface area contributed by atoms with Crippen LogP contribution in [0.15, 0.2) is 43.0 Å². The van der Waals surface area contributed by atoms with Crippen LogP contribution in [0.4, 0.5) is 0 Å². The van der Waals surface area contributed by atoms with Gasteiger partial charge in [0.15, 0.2) is 0 Å². The Hall–Kier alpha value is -1.53. The van der Waals surface area contributed by atoms with Crippen LogP contribution in [0.5, 0.6) is 0 Å². The van der Waals surface area contributed by atoms with E-state index in [1.54, 1.807) is 17.4 Å². The number of rotatable bonds is 5. The van der Waals surface area contributed by atoms with E-state index < -0.39 is 0 Å². The predicted octanol–water partition coefficient (Wildman–Crippen LogP) is 2.36. The summed E-state index contributed by atoms with van der Waals surface area (Å²) < 4.78 is 1.22. The summed E-state index contributed by atoms with van der Waals surface area (Å²) in [6.45, 7) is 5.83. The van der Waals surface area contributed by atoms with Crippen LogP contribution in [-0.4, -0.2) is 30.7 Å². The van der Waals surface area contributed by atoms with Gasteiger partial charge in [-0.3, -0.25) is 4.84 Å². The zero-order chi connectivity index (χ0) is 13.8. The highest BCUT2D eigenvalue weighted by atomic mass is 32.1. The minimum atomic E-state index is 0.158. The van der Waals surface area contributed by atoms with Gasteiger partial charge in [-0.05, 0) is 17.7 Å². The Morgan fingerprint density at radius 2 is 2.40 bits per heavy atom. The first-order valence-electron chi connectivity index (χ1n) is 6.62. The maximum absolute atomic E-state index is 5.30. The predicted molar refractivity (Wildman–Crippen MR) is 83.5 cm³/mol. The molecule has 1 atom stereocenters. The number of para-hydroxylation sites is 1. The largest absolute Gasteiger partial charge is 0.311 e. The third-order valence-electron chi connectivity index (χ3n) is 3.09. The van der Waals surface area contributed by atoms with Crippen molar-refractivity contribution in [3.05, 3.63) is 48.0 Å². The Bertz CT molecular complexity index is 602. The number of nitrogens with zero attached hydrogens (tertiary/aromatic N) is 1. The SMILES string of the molecule is C=CCONC1C=C(c2nc3ccccc3s2)CNC1. The maximum Gasteiger partial charge on any atom is 0.121 e. The number of thiazole rings is 1. The van der Waals surface area contributed by atoms with Gasteiger partial charge in [0, 0.05) is 13.1 Å². The molecule has 0 saturated carbocycles. The summed E-state index contributed by atoms with van der Waals surface area (Å²) in [7, 11) is 0. The van der Waals surface area contributed by atoms with Crippen molar-refractivity contribution < 1.29 is 4.84 Å². The van der Waals surface area contributed by atoms with E-state index in [1.165, 1.54) is 10.3 Å². The standard InChI is InChI=1S/C15H17N3OS/c1-2-7-19-18-12-8-11(9-16-10-12)15-17-13-5-3-4-6-14(13)20-15/h2-6,8,12,16,18H,1,7,9-10H2. The molecule has 1 aliphatic heterocycles. The molecule has 104 valence electrons. The van der Waals surface area contributed by atoms with E-state index in [1.807, 2.05) is 12.1 Å². The highest BCUT2D eigenvalue weighted by Crippen LogP contribution is 2.27. The van der Waals surface area contributed by atoms with Crippen LogP contribution < -0.4 is 10.8 Å². The van der Waals surface area contributed by atoms with Gasteiger partial charge in [0.2, 0.25) is 0 Å². The summed E-state index contributed by atoms with van der Waals surface area (Å²) in [6, 6.07) is 8.38. The van der Waals surface area contributed by atoms with Crippen molar-refractivity contribution in [2.75, 3.05) is 19.7 Å². The van der Waals surface area contributed by atoms with Gasteiger partial charge < -0.3 is 5.32 Å². The van der Waals surface area contributed by atoms with Gasteiger partial charge in [0.1, 0.15) is 5.01 Å². The summed E-state index contributed by atoms with van der Waals surface area (Å²) in [5.41, 5.74) is 5.30. The number of nitrogens with one attached hydrogen (secondary N) is 2. The molecule has 20 heavy (non-hydrogen) atoms. The molecular formula is C15H17N3OS. The highest BCUT2D eigenvalue weighted by molar-refractivity contribution is 7.19. The molecule has 1 unspecified atom stereocenters. The van der Waals surface area contributed by atoms with Crippen LogP contribution in [0.25, 0.3) is 15.8 Å². The molecule has 0 aliphatic carbocycles. The first kappa shape index (κ1) is 13.5. The van der Waals surface area contributed by atoms with Crippen LogP contribution in [0, 0.1) is 0 Å². The molecule has 0 saturated heterocycles. The topological polar surface area (TPSA) is 46.2 Å². The monoisotopic (exact) mass is 287 g/mol. The molecule has 5 heteroatoms. The van der Waals surface area contributed by atoms with Crippen molar-refractivity contribution in [1.29, 1.82) is 0 Å². The molecule has 1 aliphatic rings. The molecule has 0 spiro atoms. The van der Waals surface area contributed by atoms with Crippen molar-refractivity contribution in [2.45, 2.75) is 6.04 Å². The van der Waals surface area contributed by atoms with Crippen LogP contribution in [0.3, 0.4) is 0 Å². The summed E-state index contributed by atoms with van der Waals surface area (Å²) in [4.78, 5) is 9.99. The van der Waals surface area contributed by atoms with Crippen molar-refractivity contribution in [3.8, 4) is 0 Å². The average molecular weight is 287 g/mol. The minimum Gasteiger partial charge on any atom is -0.311 e. The molecule has 2 aromatic rings. The second-order valence-corrected chi connectivity index (χ2v) is 5.66. The molecule has 2 N–H and O–H groups in total. The first-order valence-corrected chi connectivity index (χ1v) is 7.44. The second-order valence-electron chi connectivity index (χ2n) is 4.63. The zero-order valence-electron chi connectivity index (χ0n) is 11.1. The van der Waals surface area contributed by atoms with Gasteiger partial charge in [-0.25, -0.2) is 4.98 Å². The van der Waals surface area contributed by atoms with E-state index in [4.69, 9.17) is 9.82 Å². The zero-order valence-corrected chi connectivity index (χ0v) is 12.0. The third-order valence-corrected chi connectivity index (χ3v) is 4.20. The van der Waals surface area contributed by atoms with Gasteiger partial charge in [0.25, 0.3) is 0 Å². The number of aromatic nitrogens is 1. The average Bonchev–Trinajstić information content (AvgIpc) is 2.92. The second kappa shape index (κ2) is 6.28. The third kappa shape index (κ3) is 2.96. The molecule has 3 rings (SSSR count). The Balaban J connectivity index is 1.79. The molecule has 1 aromatic heterocycles. The van der Waals surface area contributed by atoms with E-state index in [-0.39, 0.29) is 6.04 Å².